The van der Waals surface area contributed by atoms with Crippen LogP contribution in [-0.2, 0) is 4.79 Å². The van der Waals surface area contributed by atoms with E-state index in [4.69, 9.17) is 5.11 Å². The van der Waals surface area contributed by atoms with Crippen molar-refractivity contribution in [2.24, 2.45) is 0 Å². The lowest BCUT2D eigenvalue weighted by molar-refractivity contribution is -0.132. The number of nitrogens with zero attached hydrogens (tertiary/aromatic N) is 1. The maximum atomic E-state index is 10.5. The van der Waals surface area contributed by atoms with Gasteiger partial charge in [-0.25, -0.2) is 4.79 Å². The van der Waals surface area contributed by atoms with Gasteiger partial charge in [0.1, 0.15) is 0 Å². The number of aliphatic carboxylic acids is 1. The molecule has 0 bridgehead atoms. The third kappa shape index (κ3) is 2.40. The SMILES string of the molecule is C/C(=C/c1ccncc1C)C(=O)O. The van der Waals surface area contributed by atoms with Crippen molar-refractivity contribution in [3.05, 3.63) is 35.2 Å². The molecule has 1 heterocycles. The first-order valence-electron chi connectivity index (χ1n) is 3.93. The summed E-state index contributed by atoms with van der Waals surface area (Å²) in [4.78, 5) is 14.5. The molecule has 3 nitrogen and oxygen atoms in total. The molecule has 1 aromatic heterocycles. The highest BCUT2D eigenvalue weighted by atomic mass is 16.4. The molecule has 0 saturated heterocycles. The third-order valence-electron chi connectivity index (χ3n) is 1.77. The summed E-state index contributed by atoms with van der Waals surface area (Å²) in [5, 5.41) is 8.65. The largest absolute Gasteiger partial charge is 0.478 e. The average Bonchev–Trinajstić information content (AvgIpc) is 2.08. The standard InChI is InChI=1S/C10H11NO2/c1-7(10(12)13)5-9-3-4-11-6-8(9)2/h3-6H,1-2H3,(H,12,13)/b7-5-. The fraction of sp³-hybridized carbons (Fsp3) is 0.200. The Kier molecular flexibility index (Phi) is 2.80. The summed E-state index contributed by atoms with van der Waals surface area (Å²) in [6.07, 6.45) is 4.99. The number of aromatic nitrogens is 1. The van der Waals surface area contributed by atoms with Gasteiger partial charge in [-0.3, -0.25) is 4.98 Å². The van der Waals surface area contributed by atoms with E-state index in [1.54, 1.807) is 31.5 Å². The van der Waals surface area contributed by atoms with E-state index < -0.39 is 5.97 Å². The summed E-state index contributed by atoms with van der Waals surface area (Å²) in [5.41, 5.74) is 2.20. The van der Waals surface area contributed by atoms with Crippen LogP contribution in [0.1, 0.15) is 18.1 Å². The van der Waals surface area contributed by atoms with Gasteiger partial charge in [-0.2, -0.15) is 0 Å². The van der Waals surface area contributed by atoms with Gasteiger partial charge in [-0.05, 0) is 37.1 Å². The van der Waals surface area contributed by atoms with Crippen LogP contribution in [0.25, 0.3) is 6.08 Å². The summed E-state index contributed by atoms with van der Waals surface area (Å²) < 4.78 is 0. The molecule has 0 saturated carbocycles. The second-order valence-corrected chi connectivity index (χ2v) is 2.86. The summed E-state index contributed by atoms with van der Waals surface area (Å²) >= 11 is 0. The topological polar surface area (TPSA) is 50.2 Å². The number of rotatable bonds is 2. The molecule has 0 unspecified atom stereocenters. The Morgan fingerprint density at radius 2 is 2.31 bits per heavy atom. The van der Waals surface area contributed by atoms with E-state index in [9.17, 15) is 4.79 Å². The van der Waals surface area contributed by atoms with E-state index >= 15 is 0 Å². The Hall–Kier alpha value is -1.64. The van der Waals surface area contributed by atoms with Gasteiger partial charge in [-0.1, -0.05) is 0 Å². The van der Waals surface area contributed by atoms with Crippen LogP contribution in [0.3, 0.4) is 0 Å². The monoisotopic (exact) mass is 177 g/mol. The average molecular weight is 177 g/mol. The molecule has 1 rings (SSSR count). The smallest absolute Gasteiger partial charge is 0.331 e. The first kappa shape index (κ1) is 9.45. The second-order valence-electron chi connectivity index (χ2n) is 2.86. The zero-order valence-electron chi connectivity index (χ0n) is 7.61. The lowest BCUT2D eigenvalue weighted by Crippen LogP contribution is -1.96. The van der Waals surface area contributed by atoms with Crippen molar-refractivity contribution in [3.63, 3.8) is 0 Å². The molecule has 0 amide bonds. The summed E-state index contributed by atoms with van der Waals surface area (Å²) in [6.45, 7) is 3.47. The van der Waals surface area contributed by atoms with Crippen molar-refractivity contribution in [2.75, 3.05) is 0 Å². The van der Waals surface area contributed by atoms with Gasteiger partial charge in [0, 0.05) is 18.0 Å². The molecule has 0 aliphatic carbocycles. The highest BCUT2D eigenvalue weighted by Crippen LogP contribution is 2.10. The van der Waals surface area contributed by atoms with Crippen LogP contribution >= 0.6 is 0 Å². The van der Waals surface area contributed by atoms with Crippen molar-refractivity contribution in [1.82, 2.24) is 4.98 Å². The fourth-order valence-electron chi connectivity index (χ4n) is 0.941. The molecule has 0 radical (unpaired) electrons. The first-order chi connectivity index (χ1) is 6.11. The highest BCUT2D eigenvalue weighted by Gasteiger charge is 2.00. The minimum atomic E-state index is -0.892. The number of carboxylic acids is 1. The molecule has 1 aromatic rings. The number of hydrogen-bond acceptors (Lipinski definition) is 2. The Morgan fingerprint density at radius 3 is 2.85 bits per heavy atom. The van der Waals surface area contributed by atoms with Crippen LogP contribution < -0.4 is 0 Å². The molecule has 3 heteroatoms. The highest BCUT2D eigenvalue weighted by molar-refractivity contribution is 5.91. The lowest BCUT2D eigenvalue weighted by Gasteiger charge is -1.98. The minimum Gasteiger partial charge on any atom is -0.478 e. The van der Waals surface area contributed by atoms with Crippen LogP contribution in [0.4, 0.5) is 0 Å². The normalized spacial score (nSPS) is 11.4. The van der Waals surface area contributed by atoms with Crippen molar-refractivity contribution in [3.8, 4) is 0 Å². The molecule has 0 aliphatic heterocycles. The van der Waals surface area contributed by atoms with Crippen molar-refractivity contribution < 1.29 is 9.90 Å². The molecule has 0 fully saturated rings. The molecule has 0 aliphatic rings. The van der Waals surface area contributed by atoms with Gasteiger partial charge in [-0.15, -0.1) is 0 Å². The first-order valence-corrected chi connectivity index (χ1v) is 3.93. The van der Waals surface area contributed by atoms with E-state index in [1.165, 1.54) is 0 Å². The van der Waals surface area contributed by atoms with Crippen LogP contribution in [0, 0.1) is 6.92 Å². The van der Waals surface area contributed by atoms with Gasteiger partial charge in [0.2, 0.25) is 0 Å². The predicted molar refractivity (Wildman–Crippen MR) is 50.3 cm³/mol. The van der Waals surface area contributed by atoms with Gasteiger partial charge < -0.3 is 5.11 Å². The van der Waals surface area contributed by atoms with E-state index in [0.717, 1.165) is 11.1 Å². The quantitative estimate of drug-likeness (QED) is 0.701. The number of pyridine rings is 1. The predicted octanol–water partition coefficient (Wildman–Crippen LogP) is 1.88. The molecular weight excluding hydrogens is 166 g/mol. The van der Waals surface area contributed by atoms with Crippen LogP contribution in [0.5, 0.6) is 0 Å². The van der Waals surface area contributed by atoms with E-state index in [0.29, 0.717) is 5.57 Å². The number of carbonyl (C=O) groups is 1. The van der Waals surface area contributed by atoms with Gasteiger partial charge in [0.05, 0.1) is 0 Å². The van der Waals surface area contributed by atoms with E-state index in [1.807, 2.05) is 6.92 Å². The number of carboxylic acid groups (broad SMARTS) is 1. The zero-order chi connectivity index (χ0) is 9.84. The molecular formula is C10H11NO2. The van der Waals surface area contributed by atoms with Crippen LogP contribution in [-0.4, -0.2) is 16.1 Å². The molecule has 0 aromatic carbocycles. The number of aryl methyl sites for hydroxylation is 1. The van der Waals surface area contributed by atoms with Gasteiger partial charge in [0.25, 0.3) is 0 Å². The third-order valence-corrected chi connectivity index (χ3v) is 1.77. The molecule has 1 N–H and O–H groups in total. The summed E-state index contributed by atoms with van der Waals surface area (Å²) in [5.74, 6) is -0.892. The van der Waals surface area contributed by atoms with Crippen LogP contribution in [0.2, 0.25) is 0 Å². The minimum absolute atomic E-state index is 0.328. The molecule has 0 spiro atoms. The van der Waals surface area contributed by atoms with E-state index in [-0.39, 0.29) is 0 Å². The maximum absolute atomic E-state index is 10.5. The fourth-order valence-corrected chi connectivity index (χ4v) is 0.941. The Morgan fingerprint density at radius 1 is 1.62 bits per heavy atom. The van der Waals surface area contributed by atoms with Gasteiger partial charge >= 0.3 is 5.97 Å². The Bertz CT molecular complexity index is 356. The van der Waals surface area contributed by atoms with Gasteiger partial charge in [0.15, 0.2) is 0 Å². The van der Waals surface area contributed by atoms with Crippen molar-refractivity contribution in [2.45, 2.75) is 13.8 Å². The van der Waals surface area contributed by atoms with Crippen molar-refractivity contribution >= 4 is 12.0 Å². The second kappa shape index (κ2) is 3.85. The van der Waals surface area contributed by atoms with Crippen molar-refractivity contribution in [1.29, 1.82) is 0 Å². The molecule has 0 atom stereocenters. The summed E-state index contributed by atoms with van der Waals surface area (Å²) in [7, 11) is 0. The number of hydrogen-bond donors (Lipinski definition) is 1. The summed E-state index contributed by atoms with van der Waals surface area (Å²) in [6, 6.07) is 1.79. The molecule has 13 heavy (non-hydrogen) atoms. The zero-order valence-corrected chi connectivity index (χ0v) is 7.61. The Labute approximate surface area is 76.7 Å². The Balaban J connectivity index is 3.04. The lowest BCUT2D eigenvalue weighted by atomic mass is 10.1. The molecule has 68 valence electrons. The van der Waals surface area contributed by atoms with Crippen LogP contribution in [0.15, 0.2) is 24.0 Å². The maximum Gasteiger partial charge on any atom is 0.331 e. The van der Waals surface area contributed by atoms with E-state index in [2.05, 4.69) is 4.98 Å².